The van der Waals surface area contributed by atoms with Gasteiger partial charge in [-0.05, 0) is 69.7 Å². The third-order valence-electron chi connectivity index (χ3n) is 4.43. The van der Waals surface area contributed by atoms with E-state index in [2.05, 4.69) is 77.6 Å². The van der Waals surface area contributed by atoms with Gasteiger partial charge in [-0.1, -0.05) is 44.2 Å². The Kier molecular flexibility index (Phi) is 7.61. The number of hydrogen-bond acceptors (Lipinski definition) is 2. The van der Waals surface area contributed by atoms with Crippen LogP contribution < -0.4 is 0 Å². The number of likely N-dealkylation sites (tertiary alicyclic amines) is 1. The summed E-state index contributed by atoms with van der Waals surface area (Å²) in [6, 6.07) is 12.6. The van der Waals surface area contributed by atoms with E-state index in [-0.39, 0.29) is 0 Å². The average molecular weight is 350 g/mol. The van der Waals surface area contributed by atoms with Gasteiger partial charge in [0.25, 0.3) is 0 Å². The van der Waals surface area contributed by atoms with E-state index in [4.69, 9.17) is 0 Å². The minimum Gasteiger partial charge on any atom is -0.306 e. The zero-order chi connectivity index (χ0) is 18.9. The van der Waals surface area contributed by atoms with Gasteiger partial charge in [-0.3, -0.25) is 0 Å². The molecule has 3 heteroatoms. The first-order chi connectivity index (χ1) is 12.7. The van der Waals surface area contributed by atoms with Gasteiger partial charge >= 0.3 is 0 Å². The zero-order valence-corrected chi connectivity index (χ0v) is 16.6. The van der Waals surface area contributed by atoms with Gasteiger partial charge in [0, 0.05) is 23.5 Å². The molecule has 1 fully saturated rings. The fraction of sp³-hybridized carbons (Fsp3) is 0.348. The van der Waals surface area contributed by atoms with Crippen LogP contribution in [0.5, 0.6) is 0 Å². The molecule has 4 rings (SSSR count). The van der Waals surface area contributed by atoms with Gasteiger partial charge in [0.1, 0.15) is 5.65 Å². The Morgan fingerprint density at radius 3 is 2.23 bits per heavy atom. The lowest BCUT2D eigenvalue weighted by atomic mass is 10.2. The molecule has 2 aromatic heterocycles. The molecule has 0 saturated carbocycles. The van der Waals surface area contributed by atoms with Crippen molar-refractivity contribution >= 4 is 17.1 Å². The molecule has 1 aliphatic rings. The van der Waals surface area contributed by atoms with Crippen molar-refractivity contribution in [2.24, 2.45) is 0 Å². The summed E-state index contributed by atoms with van der Waals surface area (Å²) in [4.78, 5) is 6.86. The average Bonchev–Trinajstić information content (AvgIpc) is 3.33. The second-order valence-corrected chi connectivity index (χ2v) is 6.42. The first-order valence-electron chi connectivity index (χ1n) is 9.52. The minimum absolute atomic E-state index is 0.976. The van der Waals surface area contributed by atoms with Crippen molar-refractivity contribution in [3.8, 4) is 5.69 Å². The Morgan fingerprint density at radius 2 is 1.69 bits per heavy atom. The van der Waals surface area contributed by atoms with Gasteiger partial charge in [-0.2, -0.15) is 0 Å². The third-order valence-corrected chi connectivity index (χ3v) is 4.43. The number of fused-ring (bicyclic) bond motifs is 1. The molecule has 3 nitrogen and oxygen atoms in total. The highest BCUT2D eigenvalue weighted by molar-refractivity contribution is 5.80. The SMILES string of the molecule is C=Cc1cnc2c(ccn2-c2ccc(C)cc2)c1.CC.CN1CCCC1. The Labute approximate surface area is 158 Å². The fourth-order valence-electron chi connectivity index (χ4n) is 2.94. The third kappa shape index (κ3) is 5.06. The largest absolute Gasteiger partial charge is 0.306 e. The number of rotatable bonds is 2. The topological polar surface area (TPSA) is 21.1 Å². The summed E-state index contributed by atoms with van der Waals surface area (Å²) in [6.45, 7) is 12.5. The first-order valence-corrected chi connectivity index (χ1v) is 9.52. The summed E-state index contributed by atoms with van der Waals surface area (Å²) in [5.74, 6) is 0. The molecule has 3 heterocycles. The molecule has 0 atom stereocenters. The first kappa shape index (κ1) is 19.9. The number of aromatic nitrogens is 2. The number of aryl methyl sites for hydroxylation is 1. The highest BCUT2D eigenvalue weighted by atomic mass is 15.1. The number of hydrogen-bond donors (Lipinski definition) is 0. The van der Waals surface area contributed by atoms with Crippen LogP contribution in [0.3, 0.4) is 0 Å². The lowest BCUT2D eigenvalue weighted by Gasteiger charge is -2.05. The molecule has 1 aliphatic heterocycles. The quantitative estimate of drug-likeness (QED) is 0.590. The molecule has 0 unspecified atom stereocenters. The Hall–Kier alpha value is -2.39. The zero-order valence-electron chi connectivity index (χ0n) is 16.6. The predicted octanol–water partition coefficient (Wildman–Crippen LogP) is 5.72. The summed E-state index contributed by atoms with van der Waals surface area (Å²) in [5, 5.41) is 1.13. The summed E-state index contributed by atoms with van der Waals surface area (Å²) >= 11 is 0. The fourth-order valence-corrected chi connectivity index (χ4v) is 2.94. The molecular weight excluding hydrogens is 318 g/mol. The van der Waals surface area contributed by atoms with Crippen molar-refractivity contribution in [1.82, 2.24) is 14.5 Å². The summed E-state index contributed by atoms with van der Waals surface area (Å²) in [5.41, 5.74) is 4.42. The molecular formula is C23H31N3. The van der Waals surface area contributed by atoms with E-state index in [9.17, 15) is 0 Å². The molecule has 138 valence electrons. The van der Waals surface area contributed by atoms with E-state index >= 15 is 0 Å². The maximum absolute atomic E-state index is 4.50. The Balaban J connectivity index is 0.000000256. The lowest BCUT2D eigenvalue weighted by Crippen LogP contribution is -2.10. The maximum atomic E-state index is 4.50. The molecule has 1 saturated heterocycles. The van der Waals surface area contributed by atoms with E-state index in [1.807, 2.05) is 26.1 Å². The molecule has 0 N–H and O–H groups in total. The van der Waals surface area contributed by atoms with Crippen LogP contribution in [0.25, 0.3) is 22.8 Å². The number of benzene rings is 1. The molecule has 0 aliphatic carbocycles. The molecule has 0 bridgehead atoms. The second-order valence-electron chi connectivity index (χ2n) is 6.42. The molecule has 1 aromatic carbocycles. The maximum Gasteiger partial charge on any atom is 0.144 e. The van der Waals surface area contributed by atoms with Crippen molar-refractivity contribution in [2.45, 2.75) is 33.6 Å². The van der Waals surface area contributed by atoms with E-state index in [0.29, 0.717) is 0 Å². The van der Waals surface area contributed by atoms with Gasteiger partial charge < -0.3 is 9.47 Å². The van der Waals surface area contributed by atoms with Crippen LogP contribution in [-0.2, 0) is 0 Å². The molecule has 26 heavy (non-hydrogen) atoms. The minimum atomic E-state index is 0.976. The summed E-state index contributed by atoms with van der Waals surface area (Å²) in [6.07, 6.45) is 8.54. The van der Waals surface area contributed by atoms with Gasteiger partial charge in [-0.15, -0.1) is 0 Å². The summed E-state index contributed by atoms with van der Waals surface area (Å²) in [7, 11) is 2.17. The lowest BCUT2D eigenvalue weighted by molar-refractivity contribution is 0.418. The molecule has 0 spiro atoms. The van der Waals surface area contributed by atoms with Crippen molar-refractivity contribution in [2.75, 3.05) is 20.1 Å². The smallest absolute Gasteiger partial charge is 0.144 e. The number of nitrogens with zero attached hydrogens (tertiary/aromatic N) is 3. The van der Waals surface area contributed by atoms with E-state index in [0.717, 1.165) is 22.3 Å². The molecule has 0 radical (unpaired) electrons. The van der Waals surface area contributed by atoms with Gasteiger partial charge in [0.2, 0.25) is 0 Å². The second kappa shape index (κ2) is 9.93. The standard InChI is InChI=1S/C16H14N2.C5H11N.C2H6/c1-3-13-10-14-8-9-18(16(14)17-11-13)15-6-4-12(2)5-7-15;1-6-4-2-3-5-6;1-2/h3-11H,1H2,2H3;2-5H2,1H3;1-2H3. The van der Waals surface area contributed by atoms with Crippen LogP contribution in [0.15, 0.2) is 55.4 Å². The normalized spacial score (nSPS) is 13.5. The highest BCUT2D eigenvalue weighted by Crippen LogP contribution is 2.20. The van der Waals surface area contributed by atoms with Gasteiger partial charge in [0.05, 0.1) is 0 Å². The van der Waals surface area contributed by atoms with E-state index < -0.39 is 0 Å². The van der Waals surface area contributed by atoms with Crippen LogP contribution in [0, 0.1) is 6.92 Å². The van der Waals surface area contributed by atoms with Crippen LogP contribution in [0.1, 0.15) is 37.8 Å². The van der Waals surface area contributed by atoms with Crippen molar-refractivity contribution in [3.63, 3.8) is 0 Å². The van der Waals surface area contributed by atoms with Crippen molar-refractivity contribution < 1.29 is 0 Å². The van der Waals surface area contributed by atoms with Crippen LogP contribution in [0.2, 0.25) is 0 Å². The van der Waals surface area contributed by atoms with Crippen molar-refractivity contribution in [1.29, 1.82) is 0 Å². The van der Waals surface area contributed by atoms with E-state index in [1.165, 1.54) is 31.5 Å². The number of pyridine rings is 1. The van der Waals surface area contributed by atoms with Crippen LogP contribution in [0.4, 0.5) is 0 Å². The highest BCUT2D eigenvalue weighted by Gasteiger charge is 2.04. The van der Waals surface area contributed by atoms with Crippen LogP contribution >= 0.6 is 0 Å². The van der Waals surface area contributed by atoms with Gasteiger partial charge in [-0.25, -0.2) is 4.98 Å². The van der Waals surface area contributed by atoms with Crippen LogP contribution in [-0.4, -0.2) is 34.6 Å². The molecule has 3 aromatic rings. The predicted molar refractivity (Wildman–Crippen MR) is 114 cm³/mol. The monoisotopic (exact) mass is 349 g/mol. The summed E-state index contributed by atoms with van der Waals surface area (Å²) < 4.78 is 2.10. The Morgan fingerprint density at radius 1 is 1.04 bits per heavy atom. The van der Waals surface area contributed by atoms with Crippen molar-refractivity contribution in [3.05, 3.63) is 66.5 Å². The Bertz CT molecular complexity index is 809. The van der Waals surface area contributed by atoms with Gasteiger partial charge in [0.15, 0.2) is 0 Å². The van der Waals surface area contributed by atoms with E-state index in [1.54, 1.807) is 0 Å². The molecule has 0 amide bonds.